The van der Waals surface area contributed by atoms with Gasteiger partial charge in [-0.3, -0.25) is 9.78 Å². The molecule has 18 heavy (non-hydrogen) atoms. The molecule has 1 amide bonds. The van der Waals surface area contributed by atoms with Crippen LogP contribution in [0.4, 0.5) is 0 Å². The standard InChI is InChI=1S/C12H16N2O4/c1-8(18-3)7-14(2)11(15)10-9(12(16)17)5-4-6-13-10/h4-6,8H,7H2,1-3H3,(H,16,17). The van der Waals surface area contributed by atoms with Crippen LogP contribution in [0.3, 0.4) is 0 Å². The molecule has 0 saturated heterocycles. The average Bonchev–Trinajstić information content (AvgIpc) is 2.37. The fraction of sp³-hybridized carbons (Fsp3) is 0.417. The van der Waals surface area contributed by atoms with Gasteiger partial charge in [-0.05, 0) is 19.1 Å². The summed E-state index contributed by atoms with van der Waals surface area (Å²) < 4.78 is 5.05. The molecule has 1 unspecified atom stereocenters. The van der Waals surface area contributed by atoms with E-state index in [1.807, 2.05) is 6.92 Å². The van der Waals surface area contributed by atoms with Crippen molar-refractivity contribution in [3.05, 3.63) is 29.6 Å². The lowest BCUT2D eigenvalue weighted by Crippen LogP contribution is -2.35. The van der Waals surface area contributed by atoms with Crippen LogP contribution >= 0.6 is 0 Å². The maximum absolute atomic E-state index is 12.1. The van der Waals surface area contributed by atoms with Crippen molar-refractivity contribution in [2.45, 2.75) is 13.0 Å². The zero-order valence-electron chi connectivity index (χ0n) is 10.6. The van der Waals surface area contributed by atoms with Gasteiger partial charge in [0.15, 0.2) is 0 Å². The molecule has 0 saturated carbocycles. The summed E-state index contributed by atoms with van der Waals surface area (Å²) in [6.45, 7) is 2.19. The van der Waals surface area contributed by atoms with Crippen molar-refractivity contribution < 1.29 is 19.4 Å². The number of aromatic nitrogens is 1. The number of carboxylic acids is 1. The third kappa shape index (κ3) is 3.27. The molecule has 0 spiro atoms. The number of methoxy groups -OCH3 is 1. The Hall–Kier alpha value is -1.95. The second-order valence-corrected chi connectivity index (χ2v) is 3.94. The van der Waals surface area contributed by atoms with E-state index in [0.717, 1.165) is 0 Å². The Bertz CT molecular complexity index is 447. The first-order valence-electron chi connectivity index (χ1n) is 5.44. The summed E-state index contributed by atoms with van der Waals surface area (Å²) in [5.74, 6) is -1.60. The van der Waals surface area contributed by atoms with E-state index in [4.69, 9.17) is 9.84 Å². The van der Waals surface area contributed by atoms with Gasteiger partial charge in [-0.15, -0.1) is 0 Å². The average molecular weight is 252 g/mol. The van der Waals surface area contributed by atoms with E-state index in [1.165, 1.54) is 23.2 Å². The Morgan fingerprint density at radius 2 is 2.22 bits per heavy atom. The number of ether oxygens (including phenoxy) is 1. The molecule has 6 heteroatoms. The lowest BCUT2D eigenvalue weighted by molar-refractivity contribution is 0.0584. The predicted octanol–water partition coefficient (Wildman–Crippen LogP) is 0.887. The number of hydrogen-bond acceptors (Lipinski definition) is 4. The number of nitrogens with zero attached hydrogens (tertiary/aromatic N) is 2. The molecule has 1 aromatic rings. The molecule has 1 N–H and O–H groups in total. The zero-order chi connectivity index (χ0) is 13.7. The minimum absolute atomic E-state index is 0.0594. The second kappa shape index (κ2) is 6.11. The minimum atomic E-state index is -1.17. The van der Waals surface area contributed by atoms with Gasteiger partial charge < -0.3 is 14.7 Å². The highest BCUT2D eigenvalue weighted by atomic mass is 16.5. The molecule has 0 radical (unpaired) electrons. The van der Waals surface area contributed by atoms with Gasteiger partial charge in [0.25, 0.3) is 5.91 Å². The van der Waals surface area contributed by atoms with E-state index in [-0.39, 0.29) is 17.4 Å². The Kier molecular flexibility index (Phi) is 4.79. The van der Waals surface area contributed by atoms with Crippen molar-refractivity contribution in [1.29, 1.82) is 0 Å². The molecular formula is C12H16N2O4. The fourth-order valence-corrected chi connectivity index (χ4v) is 1.47. The molecule has 0 aliphatic rings. The Morgan fingerprint density at radius 1 is 1.56 bits per heavy atom. The summed E-state index contributed by atoms with van der Waals surface area (Å²) in [7, 11) is 3.13. The van der Waals surface area contributed by atoms with Crippen LogP contribution in [0.1, 0.15) is 27.8 Å². The van der Waals surface area contributed by atoms with Crippen molar-refractivity contribution >= 4 is 11.9 Å². The van der Waals surface area contributed by atoms with E-state index in [0.29, 0.717) is 6.54 Å². The highest BCUT2D eigenvalue weighted by Gasteiger charge is 2.21. The smallest absolute Gasteiger partial charge is 0.338 e. The number of pyridine rings is 1. The third-order valence-corrected chi connectivity index (χ3v) is 2.52. The maximum Gasteiger partial charge on any atom is 0.338 e. The van der Waals surface area contributed by atoms with Gasteiger partial charge in [-0.2, -0.15) is 0 Å². The highest BCUT2D eigenvalue weighted by molar-refractivity contribution is 6.03. The molecule has 0 aliphatic carbocycles. The van der Waals surface area contributed by atoms with Crippen LogP contribution in [-0.2, 0) is 4.74 Å². The van der Waals surface area contributed by atoms with E-state index in [1.54, 1.807) is 14.2 Å². The summed E-state index contributed by atoms with van der Waals surface area (Å²) in [5, 5.41) is 8.99. The van der Waals surface area contributed by atoms with Crippen molar-refractivity contribution in [3.63, 3.8) is 0 Å². The van der Waals surface area contributed by atoms with Crippen LogP contribution in [0.2, 0.25) is 0 Å². The van der Waals surface area contributed by atoms with Crippen molar-refractivity contribution in [2.75, 3.05) is 20.7 Å². The van der Waals surface area contributed by atoms with Crippen LogP contribution in [0, 0.1) is 0 Å². The van der Waals surface area contributed by atoms with Crippen LogP contribution in [0.15, 0.2) is 18.3 Å². The molecule has 1 rings (SSSR count). The largest absolute Gasteiger partial charge is 0.478 e. The molecule has 0 aromatic carbocycles. The SMILES string of the molecule is COC(C)CN(C)C(=O)c1ncccc1C(=O)O. The lowest BCUT2D eigenvalue weighted by atomic mass is 10.1. The van der Waals surface area contributed by atoms with Gasteiger partial charge in [0, 0.05) is 26.9 Å². The molecular weight excluding hydrogens is 236 g/mol. The molecule has 0 fully saturated rings. The summed E-state index contributed by atoms with van der Waals surface area (Å²) in [4.78, 5) is 28.3. The lowest BCUT2D eigenvalue weighted by Gasteiger charge is -2.20. The summed E-state index contributed by atoms with van der Waals surface area (Å²) in [5.41, 5.74) is -0.157. The summed E-state index contributed by atoms with van der Waals surface area (Å²) in [6, 6.07) is 2.84. The number of aromatic carboxylic acids is 1. The normalized spacial score (nSPS) is 11.9. The van der Waals surface area contributed by atoms with E-state index in [9.17, 15) is 9.59 Å². The van der Waals surface area contributed by atoms with Crippen LogP contribution < -0.4 is 0 Å². The molecule has 0 bridgehead atoms. The second-order valence-electron chi connectivity index (χ2n) is 3.94. The maximum atomic E-state index is 12.1. The fourth-order valence-electron chi connectivity index (χ4n) is 1.47. The van der Waals surface area contributed by atoms with Crippen molar-refractivity contribution in [2.24, 2.45) is 0 Å². The van der Waals surface area contributed by atoms with Gasteiger partial charge in [-0.25, -0.2) is 4.79 Å². The number of carbonyl (C=O) groups excluding carboxylic acids is 1. The first-order valence-corrected chi connectivity index (χ1v) is 5.44. The molecule has 1 aromatic heterocycles. The minimum Gasteiger partial charge on any atom is -0.478 e. The van der Waals surface area contributed by atoms with Crippen molar-refractivity contribution in [1.82, 2.24) is 9.88 Å². The summed E-state index contributed by atoms with van der Waals surface area (Å²) >= 11 is 0. The number of carboxylic acid groups (broad SMARTS) is 1. The topological polar surface area (TPSA) is 79.7 Å². The first-order chi connectivity index (χ1) is 8.47. The molecule has 1 atom stereocenters. The van der Waals surface area contributed by atoms with Crippen LogP contribution in [0.25, 0.3) is 0 Å². The number of likely N-dealkylation sites (N-methyl/N-ethyl adjacent to an activating group) is 1. The van der Waals surface area contributed by atoms with E-state index < -0.39 is 11.9 Å². The van der Waals surface area contributed by atoms with Gasteiger partial charge in [0.1, 0.15) is 5.69 Å². The van der Waals surface area contributed by atoms with E-state index >= 15 is 0 Å². The Labute approximate surface area is 105 Å². The van der Waals surface area contributed by atoms with E-state index in [2.05, 4.69) is 4.98 Å². The van der Waals surface area contributed by atoms with Crippen LogP contribution in [0.5, 0.6) is 0 Å². The molecule has 6 nitrogen and oxygen atoms in total. The quantitative estimate of drug-likeness (QED) is 0.841. The number of amides is 1. The Morgan fingerprint density at radius 3 is 2.78 bits per heavy atom. The van der Waals surface area contributed by atoms with Gasteiger partial charge in [-0.1, -0.05) is 0 Å². The molecule has 0 aliphatic heterocycles. The zero-order valence-corrected chi connectivity index (χ0v) is 10.6. The third-order valence-electron chi connectivity index (χ3n) is 2.52. The van der Waals surface area contributed by atoms with Gasteiger partial charge in [0.2, 0.25) is 0 Å². The monoisotopic (exact) mass is 252 g/mol. The number of hydrogen-bond donors (Lipinski definition) is 1. The number of rotatable bonds is 5. The highest BCUT2D eigenvalue weighted by Crippen LogP contribution is 2.08. The van der Waals surface area contributed by atoms with Gasteiger partial charge >= 0.3 is 5.97 Å². The van der Waals surface area contributed by atoms with Gasteiger partial charge in [0.05, 0.1) is 11.7 Å². The molecule has 98 valence electrons. The van der Waals surface area contributed by atoms with Crippen molar-refractivity contribution in [3.8, 4) is 0 Å². The molecule has 1 heterocycles. The first kappa shape index (κ1) is 14.1. The van der Waals surface area contributed by atoms with Crippen LogP contribution in [-0.4, -0.2) is 53.7 Å². The number of carbonyl (C=O) groups is 2. The predicted molar refractivity (Wildman–Crippen MR) is 64.6 cm³/mol. The summed E-state index contributed by atoms with van der Waals surface area (Å²) in [6.07, 6.45) is 1.27. The Balaban J connectivity index is 2.93.